The van der Waals surface area contributed by atoms with Crippen LogP contribution in [0.3, 0.4) is 0 Å². The van der Waals surface area contributed by atoms with Gasteiger partial charge in [0.1, 0.15) is 5.01 Å². The van der Waals surface area contributed by atoms with Crippen molar-refractivity contribution in [2.45, 2.75) is 13.3 Å². The highest BCUT2D eigenvalue weighted by atomic mass is 35.5. The molecule has 0 atom stereocenters. The number of amides is 1. The summed E-state index contributed by atoms with van der Waals surface area (Å²) in [7, 11) is 1.79. The highest BCUT2D eigenvalue weighted by Crippen LogP contribution is 2.30. The maximum Gasteiger partial charge on any atom is 0.232 e. The van der Waals surface area contributed by atoms with Gasteiger partial charge in [0.15, 0.2) is 0 Å². The number of hydrogen-bond donors (Lipinski definition) is 0. The summed E-state index contributed by atoms with van der Waals surface area (Å²) in [5.74, 6) is 0.00913. The maximum absolute atomic E-state index is 12.5. The molecule has 3 nitrogen and oxygen atoms in total. The molecule has 0 aliphatic rings. The van der Waals surface area contributed by atoms with Gasteiger partial charge < -0.3 is 4.90 Å². The van der Waals surface area contributed by atoms with Gasteiger partial charge in [-0.15, -0.1) is 11.3 Å². The zero-order chi connectivity index (χ0) is 17.1. The van der Waals surface area contributed by atoms with Gasteiger partial charge in [-0.3, -0.25) is 4.79 Å². The van der Waals surface area contributed by atoms with Crippen LogP contribution in [0.5, 0.6) is 0 Å². The van der Waals surface area contributed by atoms with E-state index in [0.717, 1.165) is 22.0 Å². The Hall–Kier alpha value is -2.17. The normalized spacial score (nSPS) is 10.6. The molecule has 0 N–H and O–H groups in total. The second-order valence-electron chi connectivity index (χ2n) is 5.59. The highest BCUT2D eigenvalue weighted by Gasteiger charge is 2.15. The molecule has 24 heavy (non-hydrogen) atoms. The smallest absolute Gasteiger partial charge is 0.232 e. The highest BCUT2D eigenvalue weighted by molar-refractivity contribution is 7.13. The Morgan fingerprint density at radius 3 is 2.58 bits per heavy atom. The van der Waals surface area contributed by atoms with E-state index in [0.29, 0.717) is 5.02 Å². The lowest BCUT2D eigenvalue weighted by molar-refractivity contribution is -0.117. The molecular weight excluding hydrogens is 340 g/mol. The van der Waals surface area contributed by atoms with E-state index in [2.05, 4.69) is 4.98 Å². The van der Waals surface area contributed by atoms with Crippen LogP contribution in [0.1, 0.15) is 11.3 Å². The summed E-state index contributed by atoms with van der Waals surface area (Å²) in [4.78, 5) is 18.7. The van der Waals surface area contributed by atoms with Crippen LogP contribution in [-0.4, -0.2) is 17.9 Å². The van der Waals surface area contributed by atoms with E-state index in [1.54, 1.807) is 11.9 Å². The third kappa shape index (κ3) is 3.66. The second kappa shape index (κ2) is 7.16. The molecule has 0 bridgehead atoms. The monoisotopic (exact) mass is 356 g/mol. The molecule has 0 saturated heterocycles. The summed E-state index contributed by atoms with van der Waals surface area (Å²) >= 11 is 7.71. The van der Waals surface area contributed by atoms with Gasteiger partial charge >= 0.3 is 0 Å². The van der Waals surface area contributed by atoms with Crippen molar-refractivity contribution in [1.82, 2.24) is 4.98 Å². The largest absolute Gasteiger partial charge is 0.315 e. The van der Waals surface area contributed by atoms with Crippen molar-refractivity contribution in [2.24, 2.45) is 0 Å². The van der Waals surface area contributed by atoms with Crippen LogP contribution in [0.2, 0.25) is 5.02 Å². The van der Waals surface area contributed by atoms with E-state index in [-0.39, 0.29) is 12.3 Å². The molecule has 0 unspecified atom stereocenters. The molecule has 0 saturated carbocycles. The molecule has 0 aliphatic heterocycles. The Bertz CT molecular complexity index is 858. The summed E-state index contributed by atoms with van der Waals surface area (Å²) in [6.45, 7) is 2.02. The quantitative estimate of drug-likeness (QED) is 0.660. The van der Waals surface area contributed by atoms with Crippen molar-refractivity contribution in [2.75, 3.05) is 11.9 Å². The maximum atomic E-state index is 12.5. The molecule has 0 aliphatic carbocycles. The fourth-order valence-electron chi connectivity index (χ4n) is 2.33. The first-order chi connectivity index (χ1) is 11.5. The van der Waals surface area contributed by atoms with Crippen molar-refractivity contribution in [1.29, 1.82) is 0 Å². The van der Waals surface area contributed by atoms with Crippen molar-refractivity contribution in [3.63, 3.8) is 0 Å². The van der Waals surface area contributed by atoms with Crippen molar-refractivity contribution in [3.8, 4) is 10.6 Å². The number of aromatic nitrogens is 1. The summed E-state index contributed by atoms with van der Waals surface area (Å²) in [5.41, 5.74) is 3.71. The summed E-state index contributed by atoms with van der Waals surface area (Å²) in [6.07, 6.45) is 0.269. The summed E-state index contributed by atoms with van der Waals surface area (Å²) < 4.78 is 0. The lowest BCUT2D eigenvalue weighted by Gasteiger charge is -2.17. The van der Waals surface area contributed by atoms with Crippen LogP contribution in [0.4, 0.5) is 5.69 Å². The average Bonchev–Trinajstić information content (AvgIpc) is 3.03. The third-order valence-electron chi connectivity index (χ3n) is 3.78. The number of carbonyl (C=O) groups is 1. The number of hydrogen-bond acceptors (Lipinski definition) is 3. The van der Waals surface area contributed by atoms with Gasteiger partial charge in [0.25, 0.3) is 0 Å². The van der Waals surface area contributed by atoms with Crippen LogP contribution < -0.4 is 4.90 Å². The van der Waals surface area contributed by atoms with Crippen molar-refractivity contribution >= 4 is 34.5 Å². The predicted octanol–water partition coefficient (Wildman–Crippen LogP) is 4.98. The average molecular weight is 357 g/mol. The van der Waals surface area contributed by atoms with E-state index in [4.69, 9.17) is 11.6 Å². The molecule has 0 radical (unpaired) electrons. The van der Waals surface area contributed by atoms with Gasteiger partial charge in [0.05, 0.1) is 17.1 Å². The first kappa shape index (κ1) is 16.7. The molecular formula is C19H17ClN2OS. The number of halogens is 1. The predicted molar refractivity (Wildman–Crippen MR) is 101 cm³/mol. The molecule has 3 aromatic rings. The standard InChI is InChI=1S/C19H17ClN2OS/c1-13-7-9-15(10-8-13)22(2)18(23)11-14-12-24-19(21-14)16-5-3-4-6-17(16)20/h3-10,12H,11H2,1-2H3. The molecule has 122 valence electrons. The van der Waals surface area contributed by atoms with E-state index >= 15 is 0 Å². The third-order valence-corrected chi connectivity index (χ3v) is 5.04. The number of nitrogens with zero attached hydrogens (tertiary/aromatic N) is 2. The Morgan fingerprint density at radius 1 is 1.17 bits per heavy atom. The van der Waals surface area contributed by atoms with Gasteiger partial charge in [-0.2, -0.15) is 0 Å². The zero-order valence-electron chi connectivity index (χ0n) is 13.5. The second-order valence-corrected chi connectivity index (χ2v) is 6.85. The molecule has 1 heterocycles. The van der Waals surface area contributed by atoms with Crippen LogP contribution >= 0.6 is 22.9 Å². The zero-order valence-corrected chi connectivity index (χ0v) is 15.1. The van der Waals surface area contributed by atoms with Crippen molar-refractivity contribution < 1.29 is 4.79 Å². The van der Waals surface area contributed by atoms with E-state index < -0.39 is 0 Å². The lowest BCUT2D eigenvalue weighted by Crippen LogP contribution is -2.27. The topological polar surface area (TPSA) is 33.2 Å². The van der Waals surface area contributed by atoms with Gasteiger partial charge in [-0.25, -0.2) is 4.98 Å². The number of rotatable bonds is 4. The molecule has 1 amide bonds. The SMILES string of the molecule is Cc1ccc(N(C)C(=O)Cc2csc(-c3ccccc3Cl)n2)cc1. The van der Waals surface area contributed by atoms with Gasteiger partial charge in [-0.05, 0) is 25.1 Å². The molecule has 0 fully saturated rings. The van der Waals surface area contributed by atoms with Gasteiger partial charge in [-0.1, -0.05) is 47.5 Å². The molecule has 0 spiro atoms. The fourth-order valence-corrected chi connectivity index (χ4v) is 3.47. The van der Waals surface area contributed by atoms with Gasteiger partial charge in [0, 0.05) is 23.7 Å². The number of benzene rings is 2. The van der Waals surface area contributed by atoms with Gasteiger partial charge in [0.2, 0.25) is 5.91 Å². The number of carbonyl (C=O) groups excluding carboxylic acids is 1. The number of aryl methyl sites for hydroxylation is 1. The summed E-state index contributed by atoms with van der Waals surface area (Å²) in [6, 6.07) is 15.5. The minimum Gasteiger partial charge on any atom is -0.315 e. The van der Waals surface area contributed by atoms with Crippen LogP contribution in [0.15, 0.2) is 53.9 Å². The van der Waals surface area contributed by atoms with Crippen LogP contribution in [-0.2, 0) is 11.2 Å². The van der Waals surface area contributed by atoms with Crippen LogP contribution in [0, 0.1) is 6.92 Å². The molecule has 3 rings (SSSR count). The van der Waals surface area contributed by atoms with Crippen LogP contribution in [0.25, 0.3) is 10.6 Å². The first-order valence-corrected chi connectivity index (χ1v) is 8.83. The molecule has 2 aromatic carbocycles. The summed E-state index contributed by atoms with van der Waals surface area (Å²) in [5, 5.41) is 3.42. The minimum absolute atomic E-state index is 0.00913. The number of anilines is 1. The number of thiazole rings is 1. The lowest BCUT2D eigenvalue weighted by atomic mass is 10.2. The Labute approximate surface area is 150 Å². The van der Waals surface area contributed by atoms with E-state index in [1.165, 1.54) is 16.9 Å². The number of likely N-dealkylation sites (N-methyl/N-ethyl adjacent to an activating group) is 1. The Balaban J connectivity index is 1.73. The molecule has 1 aromatic heterocycles. The Kier molecular flexibility index (Phi) is 4.97. The van der Waals surface area contributed by atoms with E-state index in [1.807, 2.05) is 60.8 Å². The van der Waals surface area contributed by atoms with E-state index in [9.17, 15) is 4.79 Å². The first-order valence-electron chi connectivity index (χ1n) is 7.57. The minimum atomic E-state index is 0.00913. The molecule has 5 heteroatoms. The Morgan fingerprint density at radius 2 is 1.88 bits per heavy atom. The van der Waals surface area contributed by atoms with Crippen molar-refractivity contribution in [3.05, 3.63) is 70.2 Å². The fraction of sp³-hybridized carbons (Fsp3) is 0.158.